The Bertz CT molecular complexity index is 244. The van der Waals surface area contributed by atoms with E-state index >= 15 is 0 Å². The second kappa shape index (κ2) is 3.57. The zero-order valence-electron chi connectivity index (χ0n) is 8.64. The fourth-order valence-corrected chi connectivity index (χ4v) is 3.91. The third-order valence-electron chi connectivity index (χ3n) is 3.79. The summed E-state index contributed by atoms with van der Waals surface area (Å²) in [7, 11) is 0. The van der Waals surface area contributed by atoms with Gasteiger partial charge in [-0.1, -0.05) is 0 Å². The van der Waals surface area contributed by atoms with Gasteiger partial charge in [-0.2, -0.15) is 11.8 Å². The van der Waals surface area contributed by atoms with Gasteiger partial charge in [0.25, 0.3) is 0 Å². The molecule has 3 N–H and O–H groups in total. The van der Waals surface area contributed by atoms with Crippen molar-refractivity contribution in [2.75, 3.05) is 11.5 Å². The van der Waals surface area contributed by atoms with E-state index in [9.17, 15) is 13.9 Å². The van der Waals surface area contributed by atoms with Gasteiger partial charge in [-0.25, -0.2) is 8.78 Å². The van der Waals surface area contributed by atoms with Crippen LogP contribution in [-0.4, -0.2) is 33.7 Å². The summed E-state index contributed by atoms with van der Waals surface area (Å²) < 4.78 is 26.0. The molecule has 0 amide bonds. The largest absolute Gasteiger partial charge is 0.388 e. The third kappa shape index (κ3) is 2.01. The molecule has 2 nitrogen and oxygen atoms in total. The number of hydrogen-bond acceptors (Lipinski definition) is 3. The molecule has 1 atom stereocenters. The van der Waals surface area contributed by atoms with Gasteiger partial charge < -0.3 is 10.8 Å². The Labute approximate surface area is 92.6 Å². The second-order valence-corrected chi connectivity index (χ2v) is 5.95. The van der Waals surface area contributed by atoms with Crippen molar-refractivity contribution in [2.45, 2.75) is 49.2 Å². The van der Waals surface area contributed by atoms with Crippen molar-refractivity contribution < 1.29 is 13.9 Å². The van der Waals surface area contributed by atoms with Gasteiger partial charge in [0.2, 0.25) is 5.92 Å². The molecule has 0 spiro atoms. The minimum absolute atomic E-state index is 0.136. The van der Waals surface area contributed by atoms with Gasteiger partial charge in [-0.15, -0.1) is 0 Å². The monoisotopic (exact) mass is 237 g/mol. The summed E-state index contributed by atoms with van der Waals surface area (Å²) in [6.45, 7) is 0. The Kier molecular flexibility index (Phi) is 2.76. The maximum atomic E-state index is 13.0. The number of alkyl halides is 2. The van der Waals surface area contributed by atoms with Crippen LogP contribution in [0, 0.1) is 0 Å². The summed E-state index contributed by atoms with van der Waals surface area (Å²) in [5.74, 6) is -0.987. The number of hydrogen-bond donors (Lipinski definition) is 2. The second-order valence-electron chi connectivity index (χ2n) is 4.85. The minimum Gasteiger partial charge on any atom is -0.388 e. The van der Waals surface area contributed by atoms with Crippen LogP contribution >= 0.6 is 11.8 Å². The van der Waals surface area contributed by atoms with Crippen molar-refractivity contribution >= 4 is 11.8 Å². The molecule has 1 aliphatic carbocycles. The molecule has 1 saturated carbocycles. The number of nitrogens with two attached hydrogens (primary N) is 1. The molecule has 88 valence electrons. The summed E-state index contributed by atoms with van der Waals surface area (Å²) in [4.78, 5) is 0. The fraction of sp³-hybridized carbons (Fsp3) is 1.00. The minimum atomic E-state index is -2.60. The number of thioether (sulfide) groups is 1. The van der Waals surface area contributed by atoms with Crippen LogP contribution in [0.5, 0.6) is 0 Å². The molecular weight excluding hydrogens is 220 g/mol. The van der Waals surface area contributed by atoms with Crippen LogP contribution in [0.25, 0.3) is 0 Å². The van der Waals surface area contributed by atoms with E-state index in [-0.39, 0.29) is 25.7 Å². The van der Waals surface area contributed by atoms with Gasteiger partial charge in [0.05, 0.1) is 11.1 Å². The highest BCUT2D eigenvalue weighted by Gasteiger charge is 2.53. The first-order valence-corrected chi connectivity index (χ1v) is 6.49. The molecule has 0 aromatic heterocycles. The Hall–Kier alpha value is 0.130. The molecule has 0 radical (unpaired) electrons. The van der Waals surface area contributed by atoms with Crippen LogP contribution in [0.4, 0.5) is 8.78 Å². The van der Waals surface area contributed by atoms with E-state index in [1.165, 1.54) is 0 Å². The Morgan fingerprint density at radius 3 is 2.13 bits per heavy atom. The lowest BCUT2D eigenvalue weighted by molar-refractivity contribution is -0.128. The quantitative estimate of drug-likeness (QED) is 0.730. The average Bonchev–Trinajstić information content (AvgIpc) is 2.60. The van der Waals surface area contributed by atoms with Crippen molar-refractivity contribution in [3.63, 3.8) is 0 Å². The van der Waals surface area contributed by atoms with E-state index in [0.717, 1.165) is 12.2 Å². The van der Waals surface area contributed by atoms with Crippen LogP contribution in [0.15, 0.2) is 0 Å². The molecule has 0 aromatic carbocycles. The number of rotatable bonds is 1. The molecule has 1 aliphatic heterocycles. The Morgan fingerprint density at radius 2 is 1.67 bits per heavy atom. The third-order valence-corrected chi connectivity index (χ3v) is 5.00. The van der Waals surface area contributed by atoms with E-state index in [1.807, 2.05) is 0 Å². The van der Waals surface area contributed by atoms with Gasteiger partial charge in [0.1, 0.15) is 0 Å². The molecule has 0 bridgehead atoms. The molecule has 2 fully saturated rings. The highest BCUT2D eigenvalue weighted by atomic mass is 32.2. The topological polar surface area (TPSA) is 46.2 Å². The summed E-state index contributed by atoms with van der Waals surface area (Å²) in [6, 6.07) is 0. The van der Waals surface area contributed by atoms with E-state index in [2.05, 4.69) is 0 Å². The Morgan fingerprint density at radius 1 is 1.07 bits per heavy atom. The normalized spacial score (nSPS) is 39.2. The van der Waals surface area contributed by atoms with Crippen molar-refractivity contribution in [3.8, 4) is 0 Å². The smallest absolute Gasteiger partial charge is 0.248 e. The SMILES string of the molecule is NC1(C2(O)CCC(F)(F)CC2)CCSC1. The average molecular weight is 237 g/mol. The first-order valence-electron chi connectivity index (χ1n) is 5.34. The molecule has 2 aliphatic rings. The molecule has 0 aromatic rings. The van der Waals surface area contributed by atoms with E-state index in [4.69, 9.17) is 5.73 Å². The van der Waals surface area contributed by atoms with Gasteiger partial charge in [0.15, 0.2) is 0 Å². The van der Waals surface area contributed by atoms with Gasteiger partial charge in [-0.05, 0) is 25.0 Å². The summed E-state index contributed by atoms with van der Waals surface area (Å²) >= 11 is 1.70. The standard InChI is InChI=1S/C10H17F2NOS/c11-10(12)3-1-9(14,2-4-10)8(13)5-6-15-7-8/h14H,1-7,13H2. The molecular formula is C10H17F2NOS. The lowest BCUT2D eigenvalue weighted by Gasteiger charge is -2.46. The van der Waals surface area contributed by atoms with E-state index in [0.29, 0.717) is 5.75 Å². The first-order chi connectivity index (χ1) is 6.87. The van der Waals surface area contributed by atoms with Crippen LogP contribution in [0.1, 0.15) is 32.1 Å². The van der Waals surface area contributed by atoms with Crippen LogP contribution < -0.4 is 5.73 Å². The maximum Gasteiger partial charge on any atom is 0.248 e. The molecule has 1 saturated heterocycles. The molecule has 2 rings (SSSR count). The first kappa shape index (κ1) is 11.6. The lowest BCUT2D eigenvalue weighted by atomic mass is 9.70. The van der Waals surface area contributed by atoms with Gasteiger partial charge in [-0.3, -0.25) is 0 Å². The Balaban J connectivity index is 2.08. The lowest BCUT2D eigenvalue weighted by Crippen LogP contribution is -2.62. The van der Waals surface area contributed by atoms with E-state index in [1.54, 1.807) is 11.8 Å². The maximum absolute atomic E-state index is 13.0. The molecule has 1 heterocycles. The van der Waals surface area contributed by atoms with Crippen molar-refractivity contribution in [1.82, 2.24) is 0 Å². The van der Waals surface area contributed by atoms with E-state index < -0.39 is 17.1 Å². The van der Waals surface area contributed by atoms with Gasteiger partial charge >= 0.3 is 0 Å². The fourth-order valence-electron chi connectivity index (χ4n) is 2.48. The number of halogens is 2. The highest BCUT2D eigenvalue weighted by molar-refractivity contribution is 7.99. The zero-order valence-corrected chi connectivity index (χ0v) is 9.45. The zero-order chi connectivity index (χ0) is 11.2. The predicted octanol–water partition coefficient (Wildman–Crippen LogP) is 1.76. The molecule has 1 unspecified atom stereocenters. The summed E-state index contributed by atoms with van der Waals surface area (Å²) in [5.41, 5.74) is 4.42. The number of aliphatic hydroxyl groups is 1. The van der Waals surface area contributed by atoms with Crippen molar-refractivity contribution in [2.24, 2.45) is 5.73 Å². The molecule has 15 heavy (non-hydrogen) atoms. The van der Waals surface area contributed by atoms with Crippen molar-refractivity contribution in [3.05, 3.63) is 0 Å². The van der Waals surface area contributed by atoms with Crippen molar-refractivity contribution in [1.29, 1.82) is 0 Å². The van der Waals surface area contributed by atoms with Crippen LogP contribution in [-0.2, 0) is 0 Å². The summed E-state index contributed by atoms with van der Waals surface area (Å²) in [5, 5.41) is 10.4. The highest BCUT2D eigenvalue weighted by Crippen LogP contribution is 2.46. The van der Waals surface area contributed by atoms with Crippen LogP contribution in [0.2, 0.25) is 0 Å². The molecule has 5 heteroatoms. The van der Waals surface area contributed by atoms with Gasteiger partial charge in [0, 0.05) is 18.6 Å². The predicted molar refractivity (Wildman–Crippen MR) is 57.2 cm³/mol. The summed E-state index contributed by atoms with van der Waals surface area (Å²) in [6.07, 6.45) is 0.550. The van der Waals surface area contributed by atoms with Crippen LogP contribution in [0.3, 0.4) is 0 Å².